The van der Waals surface area contributed by atoms with E-state index in [1.165, 1.54) is 31.2 Å². The molecule has 1 aromatic carbocycles. The zero-order valence-electron chi connectivity index (χ0n) is 10.3. The van der Waals surface area contributed by atoms with Gasteiger partial charge in [-0.25, -0.2) is 0 Å². The zero-order chi connectivity index (χ0) is 12.2. The SMILES string of the molecule is O=CNCC=CCCCCCc1ccccc1. The van der Waals surface area contributed by atoms with Gasteiger partial charge in [0.1, 0.15) is 0 Å². The van der Waals surface area contributed by atoms with E-state index >= 15 is 0 Å². The van der Waals surface area contributed by atoms with Gasteiger partial charge in [0.05, 0.1) is 0 Å². The van der Waals surface area contributed by atoms with Gasteiger partial charge in [-0.2, -0.15) is 0 Å². The normalized spacial score (nSPS) is 10.6. The molecule has 1 amide bonds. The highest BCUT2D eigenvalue weighted by atomic mass is 16.1. The highest BCUT2D eigenvalue weighted by Gasteiger charge is 1.91. The molecule has 0 saturated heterocycles. The van der Waals surface area contributed by atoms with Crippen LogP contribution in [-0.2, 0) is 11.2 Å². The first kappa shape index (κ1) is 13.5. The van der Waals surface area contributed by atoms with Gasteiger partial charge in [0.2, 0.25) is 6.41 Å². The van der Waals surface area contributed by atoms with E-state index in [1.807, 2.05) is 6.08 Å². The van der Waals surface area contributed by atoms with Crippen LogP contribution in [0.25, 0.3) is 0 Å². The maximum atomic E-state index is 9.97. The van der Waals surface area contributed by atoms with Crippen molar-refractivity contribution in [2.75, 3.05) is 6.54 Å². The van der Waals surface area contributed by atoms with E-state index in [9.17, 15) is 4.79 Å². The summed E-state index contributed by atoms with van der Waals surface area (Å²) in [6.07, 6.45) is 10.9. The molecule has 0 aromatic heterocycles. The van der Waals surface area contributed by atoms with Crippen LogP contribution >= 0.6 is 0 Å². The minimum Gasteiger partial charge on any atom is -0.355 e. The monoisotopic (exact) mass is 231 g/mol. The van der Waals surface area contributed by atoms with Crippen LogP contribution in [0.5, 0.6) is 0 Å². The quantitative estimate of drug-likeness (QED) is 0.395. The van der Waals surface area contributed by atoms with E-state index in [0.29, 0.717) is 6.54 Å². The molecule has 0 aliphatic rings. The molecule has 0 aliphatic heterocycles. The van der Waals surface area contributed by atoms with Gasteiger partial charge in [-0.3, -0.25) is 4.79 Å². The molecule has 2 nitrogen and oxygen atoms in total. The van der Waals surface area contributed by atoms with Gasteiger partial charge in [-0.15, -0.1) is 0 Å². The number of allylic oxidation sites excluding steroid dienone is 1. The van der Waals surface area contributed by atoms with Crippen molar-refractivity contribution in [2.24, 2.45) is 0 Å². The Kier molecular flexibility index (Phi) is 7.65. The van der Waals surface area contributed by atoms with Crippen molar-refractivity contribution < 1.29 is 4.79 Å². The molecule has 0 saturated carbocycles. The number of carbonyl (C=O) groups is 1. The van der Waals surface area contributed by atoms with Crippen molar-refractivity contribution in [3.05, 3.63) is 48.0 Å². The topological polar surface area (TPSA) is 29.1 Å². The number of hydrogen-bond acceptors (Lipinski definition) is 1. The zero-order valence-corrected chi connectivity index (χ0v) is 10.3. The second-order valence-electron chi connectivity index (χ2n) is 4.08. The molecular formula is C15H21NO. The first-order valence-electron chi connectivity index (χ1n) is 6.29. The van der Waals surface area contributed by atoms with Crippen LogP contribution in [0, 0.1) is 0 Å². The summed E-state index contributed by atoms with van der Waals surface area (Å²) < 4.78 is 0. The minimum absolute atomic E-state index is 0.646. The Balaban J connectivity index is 1.94. The van der Waals surface area contributed by atoms with Crippen molar-refractivity contribution >= 4 is 6.41 Å². The number of hydrogen-bond donors (Lipinski definition) is 1. The fraction of sp³-hybridized carbons (Fsp3) is 0.400. The lowest BCUT2D eigenvalue weighted by Gasteiger charge is -2.00. The number of benzene rings is 1. The number of amides is 1. The van der Waals surface area contributed by atoms with Crippen LogP contribution in [0.3, 0.4) is 0 Å². The van der Waals surface area contributed by atoms with E-state index in [0.717, 1.165) is 12.8 Å². The fourth-order valence-electron chi connectivity index (χ4n) is 1.73. The van der Waals surface area contributed by atoms with Gasteiger partial charge in [-0.1, -0.05) is 48.9 Å². The summed E-state index contributed by atoms with van der Waals surface area (Å²) >= 11 is 0. The smallest absolute Gasteiger partial charge is 0.207 e. The molecule has 17 heavy (non-hydrogen) atoms. The third-order valence-electron chi connectivity index (χ3n) is 2.66. The third kappa shape index (κ3) is 7.34. The molecule has 1 aromatic rings. The number of unbranched alkanes of at least 4 members (excludes halogenated alkanes) is 3. The van der Waals surface area contributed by atoms with Gasteiger partial charge in [0, 0.05) is 6.54 Å². The van der Waals surface area contributed by atoms with Crippen LogP contribution in [0.4, 0.5) is 0 Å². The number of nitrogens with one attached hydrogen (secondary N) is 1. The Hall–Kier alpha value is -1.57. The lowest BCUT2D eigenvalue weighted by Crippen LogP contribution is -2.09. The van der Waals surface area contributed by atoms with Crippen LogP contribution < -0.4 is 5.32 Å². The average Bonchev–Trinajstić information content (AvgIpc) is 2.38. The molecular weight excluding hydrogens is 210 g/mol. The van der Waals surface area contributed by atoms with E-state index in [4.69, 9.17) is 0 Å². The summed E-state index contributed by atoms with van der Waals surface area (Å²) in [7, 11) is 0. The fourth-order valence-corrected chi connectivity index (χ4v) is 1.73. The van der Waals surface area contributed by atoms with Crippen molar-refractivity contribution in [3.63, 3.8) is 0 Å². The maximum absolute atomic E-state index is 9.97. The summed E-state index contributed by atoms with van der Waals surface area (Å²) in [5.74, 6) is 0. The molecule has 2 heteroatoms. The first-order chi connectivity index (χ1) is 8.43. The lowest BCUT2D eigenvalue weighted by atomic mass is 10.1. The Morgan fingerprint density at radius 2 is 1.82 bits per heavy atom. The predicted octanol–water partition coefficient (Wildman–Crippen LogP) is 3.09. The summed E-state index contributed by atoms with van der Waals surface area (Å²) in [4.78, 5) is 9.97. The van der Waals surface area contributed by atoms with Crippen LogP contribution in [0.15, 0.2) is 42.5 Å². The number of aryl methyl sites for hydroxylation is 1. The molecule has 0 aliphatic carbocycles. The number of rotatable bonds is 9. The molecule has 0 heterocycles. The standard InChI is InChI=1S/C15H21NO/c17-14-16-13-9-4-2-1-3-6-10-15-11-7-5-8-12-15/h4-5,7-9,11-12,14H,1-3,6,10,13H2,(H,16,17). The largest absolute Gasteiger partial charge is 0.355 e. The molecule has 0 radical (unpaired) electrons. The van der Waals surface area contributed by atoms with Gasteiger partial charge < -0.3 is 5.32 Å². The molecule has 92 valence electrons. The Bertz CT molecular complexity index is 319. The van der Waals surface area contributed by atoms with Crippen LogP contribution in [0.2, 0.25) is 0 Å². The summed E-state index contributed by atoms with van der Waals surface area (Å²) in [6.45, 7) is 0.646. The van der Waals surface area contributed by atoms with Crippen molar-refractivity contribution in [2.45, 2.75) is 32.1 Å². The molecule has 1 N–H and O–H groups in total. The Labute approximate surface area is 104 Å². The van der Waals surface area contributed by atoms with Crippen LogP contribution in [-0.4, -0.2) is 13.0 Å². The van der Waals surface area contributed by atoms with Gasteiger partial charge in [-0.05, 0) is 31.2 Å². The Morgan fingerprint density at radius 3 is 2.59 bits per heavy atom. The number of carbonyl (C=O) groups excluding carboxylic acids is 1. The van der Waals surface area contributed by atoms with E-state index < -0.39 is 0 Å². The Morgan fingerprint density at radius 1 is 1.00 bits per heavy atom. The van der Waals surface area contributed by atoms with Crippen LogP contribution in [0.1, 0.15) is 31.2 Å². The maximum Gasteiger partial charge on any atom is 0.207 e. The van der Waals surface area contributed by atoms with Gasteiger partial charge in [0.15, 0.2) is 0 Å². The van der Waals surface area contributed by atoms with Gasteiger partial charge >= 0.3 is 0 Å². The summed E-state index contributed by atoms with van der Waals surface area (Å²) in [6, 6.07) is 10.6. The highest BCUT2D eigenvalue weighted by molar-refractivity contribution is 5.46. The molecule has 0 unspecified atom stereocenters. The molecule has 0 atom stereocenters. The average molecular weight is 231 g/mol. The summed E-state index contributed by atoms with van der Waals surface area (Å²) in [5, 5.41) is 2.60. The highest BCUT2D eigenvalue weighted by Crippen LogP contribution is 2.07. The lowest BCUT2D eigenvalue weighted by molar-refractivity contribution is -0.109. The predicted molar refractivity (Wildman–Crippen MR) is 71.8 cm³/mol. The van der Waals surface area contributed by atoms with Gasteiger partial charge in [0.25, 0.3) is 0 Å². The first-order valence-corrected chi connectivity index (χ1v) is 6.29. The van der Waals surface area contributed by atoms with E-state index in [1.54, 1.807) is 0 Å². The van der Waals surface area contributed by atoms with Crippen molar-refractivity contribution in [1.29, 1.82) is 0 Å². The summed E-state index contributed by atoms with van der Waals surface area (Å²) in [5.41, 5.74) is 1.43. The van der Waals surface area contributed by atoms with E-state index in [2.05, 4.69) is 41.7 Å². The molecule has 0 bridgehead atoms. The molecule has 0 fully saturated rings. The molecule has 0 spiro atoms. The second kappa shape index (κ2) is 9.64. The van der Waals surface area contributed by atoms with Crippen molar-refractivity contribution in [1.82, 2.24) is 5.32 Å². The third-order valence-corrected chi connectivity index (χ3v) is 2.66. The van der Waals surface area contributed by atoms with E-state index in [-0.39, 0.29) is 0 Å². The minimum atomic E-state index is 0.646. The second-order valence-corrected chi connectivity index (χ2v) is 4.08. The van der Waals surface area contributed by atoms with Crippen molar-refractivity contribution in [3.8, 4) is 0 Å². The molecule has 1 rings (SSSR count).